The Bertz CT molecular complexity index is 954. The van der Waals surface area contributed by atoms with Crippen LogP contribution in [0, 0.1) is 6.92 Å². The summed E-state index contributed by atoms with van der Waals surface area (Å²) in [5.41, 5.74) is 2.61. The van der Waals surface area contributed by atoms with Crippen LogP contribution in [-0.2, 0) is 6.42 Å². The number of benzene rings is 2. The van der Waals surface area contributed by atoms with Gasteiger partial charge in [0.1, 0.15) is 0 Å². The van der Waals surface area contributed by atoms with Gasteiger partial charge in [0.05, 0.1) is 0 Å². The molecule has 3 rings (SSSR count). The Morgan fingerprint density at radius 1 is 0.786 bits per heavy atom. The molecule has 0 fully saturated rings. The zero-order valence-corrected chi connectivity index (χ0v) is 18.4. The minimum atomic E-state index is 0.218. The molecule has 0 atom stereocenters. The normalized spacial score (nSPS) is 11.5. The van der Waals surface area contributed by atoms with Gasteiger partial charge >= 0.3 is 0 Å². The van der Waals surface area contributed by atoms with Crippen LogP contribution >= 0.6 is 11.3 Å². The summed E-state index contributed by atoms with van der Waals surface area (Å²) >= 11 is 1.75. The second-order valence-corrected chi connectivity index (χ2v) is 9.24. The van der Waals surface area contributed by atoms with E-state index in [9.17, 15) is 4.79 Å². The standard InChI is InChI=1S/C26H34OS/c1-3-4-5-6-7-8-9-10-11-12-14-21-15-13-16-24-25(21)26(27)22-19-20(2)17-18-23(22)28-24/h13,15-19H,3-12,14H2,1-2H3. The first kappa shape index (κ1) is 21.0. The molecule has 150 valence electrons. The van der Waals surface area contributed by atoms with Crippen LogP contribution in [0.15, 0.2) is 41.2 Å². The molecule has 28 heavy (non-hydrogen) atoms. The summed E-state index contributed by atoms with van der Waals surface area (Å²) in [6.45, 7) is 4.33. The van der Waals surface area contributed by atoms with Crippen LogP contribution in [0.2, 0.25) is 0 Å². The van der Waals surface area contributed by atoms with Crippen LogP contribution in [-0.4, -0.2) is 0 Å². The Balaban J connectivity index is 1.57. The zero-order chi connectivity index (χ0) is 19.8. The van der Waals surface area contributed by atoms with E-state index in [0.29, 0.717) is 0 Å². The second-order valence-electron chi connectivity index (χ2n) is 8.15. The van der Waals surface area contributed by atoms with Crippen LogP contribution in [0.4, 0.5) is 0 Å². The molecule has 2 aromatic carbocycles. The van der Waals surface area contributed by atoms with Crippen LogP contribution < -0.4 is 5.43 Å². The predicted molar refractivity (Wildman–Crippen MR) is 126 cm³/mol. The number of hydrogen-bond acceptors (Lipinski definition) is 2. The van der Waals surface area contributed by atoms with Crippen molar-refractivity contribution in [2.24, 2.45) is 0 Å². The lowest BCUT2D eigenvalue weighted by Crippen LogP contribution is -2.04. The Kier molecular flexibility index (Phi) is 8.09. The average molecular weight is 395 g/mol. The fourth-order valence-electron chi connectivity index (χ4n) is 4.09. The van der Waals surface area contributed by atoms with Gasteiger partial charge in [0.25, 0.3) is 0 Å². The van der Waals surface area contributed by atoms with Gasteiger partial charge in [0, 0.05) is 20.2 Å². The van der Waals surface area contributed by atoms with Crippen LogP contribution in [0.3, 0.4) is 0 Å². The van der Waals surface area contributed by atoms with Crippen molar-refractivity contribution in [3.05, 3.63) is 57.7 Å². The Hall–Kier alpha value is -1.67. The van der Waals surface area contributed by atoms with Crippen molar-refractivity contribution in [1.29, 1.82) is 0 Å². The van der Waals surface area contributed by atoms with Gasteiger partial charge in [0.2, 0.25) is 0 Å². The van der Waals surface area contributed by atoms with Gasteiger partial charge in [-0.15, -0.1) is 11.3 Å². The highest BCUT2D eigenvalue weighted by Gasteiger charge is 2.10. The smallest absolute Gasteiger partial charge is 0.196 e. The summed E-state index contributed by atoms with van der Waals surface area (Å²) in [4.78, 5) is 13.1. The minimum Gasteiger partial charge on any atom is -0.288 e. The monoisotopic (exact) mass is 394 g/mol. The first-order chi connectivity index (χ1) is 13.7. The van der Waals surface area contributed by atoms with Crippen LogP contribution in [0.1, 0.15) is 82.3 Å². The van der Waals surface area contributed by atoms with E-state index in [1.807, 2.05) is 6.07 Å². The molecule has 0 radical (unpaired) electrons. The van der Waals surface area contributed by atoms with Crippen molar-refractivity contribution in [3.8, 4) is 0 Å². The Morgan fingerprint density at radius 3 is 2.18 bits per heavy atom. The lowest BCUT2D eigenvalue weighted by Gasteiger charge is -2.08. The molecule has 0 spiro atoms. The van der Waals surface area contributed by atoms with Gasteiger partial charge in [0.15, 0.2) is 5.43 Å². The molecule has 0 saturated carbocycles. The van der Waals surface area contributed by atoms with Gasteiger partial charge in [-0.1, -0.05) is 88.5 Å². The molecule has 1 nitrogen and oxygen atoms in total. The van der Waals surface area contributed by atoms with E-state index in [0.717, 1.165) is 32.2 Å². The maximum Gasteiger partial charge on any atom is 0.196 e. The van der Waals surface area contributed by atoms with Gasteiger partial charge in [-0.3, -0.25) is 4.79 Å². The van der Waals surface area contributed by atoms with E-state index in [4.69, 9.17) is 0 Å². The van der Waals surface area contributed by atoms with E-state index in [-0.39, 0.29) is 5.43 Å². The van der Waals surface area contributed by atoms with Gasteiger partial charge in [-0.05, 0) is 43.5 Å². The number of unbranched alkanes of at least 4 members (excludes halogenated alkanes) is 9. The van der Waals surface area contributed by atoms with Gasteiger partial charge in [-0.25, -0.2) is 0 Å². The largest absolute Gasteiger partial charge is 0.288 e. The summed E-state index contributed by atoms with van der Waals surface area (Å²) in [6.07, 6.45) is 14.5. The van der Waals surface area contributed by atoms with Crippen molar-refractivity contribution >= 4 is 31.5 Å². The molecule has 3 aromatic rings. The highest BCUT2D eigenvalue weighted by molar-refractivity contribution is 7.24. The summed E-state index contributed by atoms with van der Waals surface area (Å²) in [6, 6.07) is 12.6. The van der Waals surface area contributed by atoms with Crippen molar-refractivity contribution in [3.63, 3.8) is 0 Å². The molecular formula is C26H34OS. The van der Waals surface area contributed by atoms with Crippen molar-refractivity contribution < 1.29 is 0 Å². The highest BCUT2D eigenvalue weighted by atomic mass is 32.1. The summed E-state index contributed by atoms with van der Waals surface area (Å²) in [5, 5.41) is 1.84. The fourth-order valence-corrected chi connectivity index (χ4v) is 5.20. The van der Waals surface area contributed by atoms with Crippen molar-refractivity contribution in [1.82, 2.24) is 0 Å². The molecule has 0 bridgehead atoms. The molecule has 0 N–H and O–H groups in total. The van der Waals surface area contributed by atoms with E-state index in [2.05, 4.69) is 44.2 Å². The molecular weight excluding hydrogens is 360 g/mol. The van der Waals surface area contributed by atoms with Crippen LogP contribution in [0.5, 0.6) is 0 Å². The SMILES string of the molecule is CCCCCCCCCCCCc1cccc2sc3ccc(C)cc3c(=O)c12. The van der Waals surface area contributed by atoms with Crippen molar-refractivity contribution in [2.75, 3.05) is 0 Å². The van der Waals surface area contributed by atoms with E-state index >= 15 is 0 Å². The highest BCUT2D eigenvalue weighted by Crippen LogP contribution is 2.28. The predicted octanol–water partition coefficient (Wildman–Crippen LogP) is 8.19. The summed E-state index contributed by atoms with van der Waals surface area (Å²) < 4.78 is 2.23. The second kappa shape index (κ2) is 10.8. The topological polar surface area (TPSA) is 17.1 Å². The average Bonchev–Trinajstić information content (AvgIpc) is 2.70. The minimum absolute atomic E-state index is 0.218. The molecule has 1 aromatic heterocycles. The first-order valence-electron chi connectivity index (χ1n) is 11.2. The lowest BCUT2D eigenvalue weighted by atomic mass is 10.0. The maximum absolute atomic E-state index is 13.1. The molecule has 2 heteroatoms. The van der Waals surface area contributed by atoms with Crippen molar-refractivity contribution in [2.45, 2.75) is 84.5 Å². The Morgan fingerprint density at radius 2 is 1.46 bits per heavy atom. The molecule has 1 heterocycles. The molecule has 0 unspecified atom stereocenters. The maximum atomic E-state index is 13.1. The summed E-state index contributed by atoms with van der Waals surface area (Å²) in [5.74, 6) is 0. The Labute approximate surface area is 173 Å². The summed E-state index contributed by atoms with van der Waals surface area (Å²) in [7, 11) is 0. The number of rotatable bonds is 11. The van der Waals surface area contributed by atoms with E-state index < -0.39 is 0 Å². The molecule has 0 saturated heterocycles. The van der Waals surface area contributed by atoms with E-state index in [1.54, 1.807) is 11.3 Å². The van der Waals surface area contributed by atoms with E-state index in [1.165, 1.54) is 69.8 Å². The lowest BCUT2D eigenvalue weighted by molar-refractivity contribution is 0.556. The molecule has 0 aliphatic rings. The quantitative estimate of drug-likeness (QED) is 0.237. The van der Waals surface area contributed by atoms with Crippen LogP contribution in [0.25, 0.3) is 20.2 Å². The fraction of sp³-hybridized carbons (Fsp3) is 0.500. The van der Waals surface area contributed by atoms with Gasteiger partial charge in [-0.2, -0.15) is 0 Å². The molecule has 0 amide bonds. The molecule has 0 aliphatic heterocycles. The molecule has 0 aliphatic carbocycles. The number of hydrogen-bond donors (Lipinski definition) is 0. The third-order valence-electron chi connectivity index (χ3n) is 5.74. The first-order valence-corrected chi connectivity index (χ1v) is 12.0. The zero-order valence-electron chi connectivity index (χ0n) is 17.6. The third-order valence-corrected chi connectivity index (χ3v) is 6.87. The van der Waals surface area contributed by atoms with Gasteiger partial charge < -0.3 is 0 Å². The number of fused-ring (bicyclic) bond motifs is 2. The number of aryl methyl sites for hydroxylation is 2. The third kappa shape index (κ3) is 5.44.